The molecule has 3 aromatic rings. The fraction of sp³-hybridized carbons (Fsp3) is 0.167. The third-order valence-corrected chi connectivity index (χ3v) is 4.33. The van der Waals surface area contributed by atoms with E-state index in [1.54, 1.807) is 30.5 Å². The van der Waals surface area contributed by atoms with Gasteiger partial charge in [-0.25, -0.2) is 9.37 Å². The number of hydrogen-bond acceptors (Lipinski definition) is 4. The largest absolute Gasteiger partial charge is 0.365 e. The Balaban J connectivity index is 1.59. The molecule has 1 aliphatic rings. The molecule has 4 rings (SSSR count). The van der Waals surface area contributed by atoms with Crippen LogP contribution in [0, 0.1) is 5.82 Å². The number of halogens is 1. The van der Waals surface area contributed by atoms with E-state index in [4.69, 9.17) is 5.73 Å². The molecule has 0 radical (unpaired) electrons. The summed E-state index contributed by atoms with van der Waals surface area (Å²) in [6.07, 6.45) is 3.47. The summed E-state index contributed by atoms with van der Waals surface area (Å²) < 4.78 is 15.0. The minimum Gasteiger partial charge on any atom is -0.365 e. The molecule has 0 saturated carbocycles. The summed E-state index contributed by atoms with van der Waals surface area (Å²) in [7, 11) is 0. The Labute approximate surface area is 143 Å². The maximum Gasteiger partial charge on any atom is 0.252 e. The number of benzene rings is 1. The van der Waals surface area contributed by atoms with Crippen molar-refractivity contribution in [1.29, 1.82) is 0 Å². The molecular formula is C18H16FN5O. The van der Waals surface area contributed by atoms with Gasteiger partial charge in [0.1, 0.15) is 11.6 Å². The van der Waals surface area contributed by atoms with Gasteiger partial charge < -0.3 is 10.6 Å². The van der Waals surface area contributed by atoms with Crippen LogP contribution >= 0.6 is 0 Å². The third-order valence-electron chi connectivity index (χ3n) is 4.33. The summed E-state index contributed by atoms with van der Waals surface area (Å²) >= 11 is 0. The number of nitrogens with zero attached hydrogens (tertiary/aromatic N) is 4. The van der Waals surface area contributed by atoms with Crippen molar-refractivity contribution in [3.63, 3.8) is 0 Å². The highest BCUT2D eigenvalue weighted by atomic mass is 19.1. The molecule has 0 spiro atoms. The van der Waals surface area contributed by atoms with Gasteiger partial charge in [-0.15, -0.1) is 0 Å². The van der Waals surface area contributed by atoms with Gasteiger partial charge in [-0.2, -0.15) is 5.10 Å². The summed E-state index contributed by atoms with van der Waals surface area (Å²) in [5, 5.41) is 4.43. The second-order valence-electron chi connectivity index (χ2n) is 6.00. The average molecular weight is 337 g/mol. The predicted octanol–water partition coefficient (Wildman–Crippen LogP) is 2.08. The van der Waals surface area contributed by atoms with Crippen LogP contribution < -0.4 is 10.6 Å². The van der Waals surface area contributed by atoms with Crippen molar-refractivity contribution in [1.82, 2.24) is 14.8 Å². The van der Waals surface area contributed by atoms with E-state index < -0.39 is 5.91 Å². The first kappa shape index (κ1) is 15.3. The smallest absolute Gasteiger partial charge is 0.252 e. The first-order chi connectivity index (χ1) is 12.1. The van der Waals surface area contributed by atoms with Gasteiger partial charge in [-0.05, 0) is 29.8 Å². The van der Waals surface area contributed by atoms with Gasteiger partial charge >= 0.3 is 0 Å². The Hall–Kier alpha value is -3.22. The molecule has 0 saturated heterocycles. The Bertz CT molecular complexity index is 935. The van der Waals surface area contributed by atoms with Crippen molar-refractivity contribution in [2.24, 2.45) is 5.73 Å². The Kier molecular flexibility index (Phi) is 3.68. The molecule has 25 heavy (non-hydrogen) atoms. The van der Waals surface area contributed by atoms with Crippen LogP contribution in [0.3, 0.4) is 0 Å². The lowest BCUT2D eigenvalue weighted by Crippen LogP contribution is -2.23. The molecule has 1 aromatic carbocycles. The highest BCUT2D eigenvalue weighted by Gasteiger charge is 2.27. The highest BCUT2D eigenvalue weighted by Crippen LogP contribution is 2.29. The zero-order valence-electron chi connectivity index (χ0n) is 13.4. The Morgan fingerprint density at radius 1 is 1.20 bits per heavy atom. The van der Waals surface area contributed by atoms with Crippen LogP contribution in [-0.2, 0) is 19.6 Å². The van der Waals surface area contributed by atoms with Crippen LogP contribution in [0.1, 0.15) is 27.2 Å². The van der Waals surface area contributed by atoms with Crippen LogP contribution in [0.5, 0.6) is 0 Å². The molecular weight excluding hydrogens is 321 g/mol. The van der Waals surface area contributed by atoms with Crippen LogP contribution in [-0.4, -0.2) is 20.7 Å². The Morgan fingerprint density at radius 3 is 2.76 bits per heavy atom. The number of nitrogens with two attached hydrogens (primary N) is 1. The van der Waals surface area contributed by atoms with E-state index in [0.29, 0.717) is 31.0 Å². The lowest BCUT2D eigenvalue weighted by molar-refractivity contribution is 0.100. The van der Waals surface area contributed by atoms with Gasteiger partial charge in [0.25, 0.3) is 5.91 Å². The molecule has 7 heteroatoms. The summed E-state index contributed by atoms with van der Waals surface area (Å²) in [6, 6.07) is 9.76. The van der Waals surface area contributed by atoms with Gasteiger partial charge in [0.05, 0.1) is 30.5 Å². The number of fused-ring (bicyclic) bond motifs is 1. The van der Waals surface area contributed by atoms with Crippen LogP contribution in [0.4, 0.5) is 10.2 Å². The van der Waals surface area contributed by atoms with E-state index >= 15 is 0 Å². The van der Waals surface area contributed by atoms with E-state index in [1.165, 1.54) is 12.1 Å². The first-order valence-electron chi connectivity index (χ1n) is 7.89. The van der Waals surface area contributed by atoms with Gasteiger partial charge in [0.15, 0.2) is 0 Å². The third kappa shape index (κ3) is 2.84. The SMILES string of the molecule is NC(=O)c1cccnc1N1Cc2cnn(Cc3ccc(F)cc3)c2C1. The van der Waals surface area contributed by atoms with E-state index in [0.717, 1.165) is 16.8 Å². The second-order valence-corrected chi connectivity index (χ2v) is 6.00. The number of carbonyl (C=O) groups excluding carboxylic acids is 1. The number of carbonyl (C=O) groups is 1. The lowest BCUT2D eigenvalue weighted by atomic mass is 10.2. The van der Waals surface area contributed by atoms with E-state index in [9.17, 15) is 9.18 Å². The highest BCUT2D eigenvalue weighted by molar-refractivity contribution is 5.97. The van der Waals surface area contributed by atoms with Gasteiger partial charge in [-0.1, -0.05) is 12.1 Å². The molecule has 126 valence electrons. The van der Waals surface area contributed by atoms with Crippen molar-refractivity contribution in [3.05, 3.63) is 77.0 Å². The molecule has 1 amide bonds. The molecule has 0 fully saturated rings. The van der Waals surface area contributed by atoms with Crippen molar-refractivity contribution in [2.75, 3.05) is 4.90 Å². The summed E-state index contributed by atoms with van der Waals surface area (Å²) in [5.74, 6) is -0.165. The van der Waals surface area contributed by atoms with Crippen molar-refractivity contribution < 1.29 is 9.18 Å². The maximum atomic E-state index is 13.1. The molecule has 3 heterocycles. The minimum absolute atomic E-state index is 0.255. The number of pyridine rings is 1. The molecule has 6 nitrogen and oxygen atoms in total. The van der Waals surface area contributed by atoms with Gasteiger partial charge in [0, 0.05) is 18.3 Å². The molecule has 1 aliphatic heterocycles. The van der Waals surface area contributed by atoms with Gasteiger partial charge in [0.2, 0.25) is 0 Å². The first-order valence-corrected chi connectivity index (χ1v) is 7.89. The number of anilines is 1. The monoisotopic (exact) mass is 337 g/mol. The van der Waals surface area contributed by atoms with Gasteiger partial charge in [-0.3, -0.25) is 9.48 Å². The normalized spacial score (nSPS) is 13.1. The average Bonchev–Trinajstić information content (AvgIpc) is 3.19. The topological polar surface area (TPSA) is 77.0 Å². The second kappa shape index (κ2) is 6.01. The molecule has 0 aliphatic carbocycles. The zero-order valence-corrected chi connectivity index (χ0v) is 13.4. The summed E-state index contributed by atoms with van der Waals surface area (Å²) in [4.78, 5) is 18.0. The van der Waals surface area contributed by atoms with Crippen molar-refractivity contribution in [2.45, 2.75) is 19.6 Å². The Morgan fingerprint density at radius 2 is 2.00 bits per heavy atom. The fourth-order valence-electron chi connectivity index (χ4n) is 3.10. The van der Waals surface area contributed by atoms with Crippen LogP contribution in [0.15, 0.2) is 48.8 Å². The fourth-order valence-corrected chi connectivity index (χ4v) is 3.10. The number of aromatic nitrogens is 3. The molecule has 0 atom stereocenters. The summed E-state index contributed by atoms with van der Waals surface area (Å²) in [6.45, 7) is 1.78. The van der Waals surface area contributed by atoms with E-state index in [-0.39, 0.29) is 5.82 Å². The summed E-state index contributed by atoms with van der Waals surface area (Å²) in [5.41, 5.74) is 8.98. The number of rotatable bonds is 4. The van der Waals surface area contributed by atoms with Crippen LogP contribution in [0.2, 0.25) is 0 Å². The molecule has 0 bridgehead atoms. The minimum atomic E-state index is -0.494. The standard InChI is InChI=1S/C18H16FN5O/c19-14-5-3-12(4-6-14)9-24-16-11-23(10-13(16)8-22-24)18-15(17(20)25)2-1-7-21-18/h1-8H,9-11H2,(H2,20,25). The number of amides is 1. The molecule has 0 unspecified atom stereocenters. The number of hydrogen-bond donors (Lipinski definition) is 1. The van der Waals surface area contributed by atoms with Crippen molar-refractivity contribution in [3.8, 4) is 0 Å². The zero-order chi connectivity index (χ0) is 17.4. The predicted molar refractivity (Wildman–Crippen MR) is 90.4 cm³/mol. The lowest BCUT2D eigenvalue weighted by Gasteiger charge is -2.19. The van der Waals surface area contributed by atoms with Crippen molar-refractivity contribution >= 4 is 11.7 Å². The quantitative estimate of drug-likeness (QED) is 0.791. The van der Waals surface area contributed by atoms with Crippen LogP contribution in [0.25, 0.3) is 0 Å². The van der Waals surface area contributed by atoms with E-state index in [1.807, 2.05) is 15.8 Å². The molecule has 2 aromatic heterocycles. The number of primary amides is 1. The van der Waals surface area contributed by atoms with E-state index in [2.05, 4.69) is 10.1 Å². The molecule has 2 N–H and O–H groups in total. The maximum absolute atomic E-state index is 13.1.